The van der Waals surface area contributed by atoms with E-state index in [9.17, 15) is 9.90 Å². The molecule has 4 nitrogen and oxygen atoms in total. The van der Waals surface area contributed by atoms with E-state index in [0.29, 0.717) is 0 Å². The van der Waals surface area contributed by atoms with Gasteiger partial charge in [0.15, 0.2) is 0 Å². The van der Waals surface area contributed by atoms with Crippen LogP contribution in [0.1, 0.15) is 5.56 Å². The van der Waals surface area contributed by atoms with Gasteiger partial charge in [0.2, 0.25) is 5.60 Å². The number of allylic oxidation sites excluding steroid dienone is 2. The van der Waals surface area contributed by atoms with Gasteiger partial charge in [0.1, 0.15) is 6.10 Å². The quantitative estimate of drug-likeness (QED) is 0.901. The minimum atomic E-state index is -1.47. The van der Waals surface area contributed by atoms with E-state index in [-0.39, 0.29) is 0 Å². The first-order valence-electron chi connectivity index (χ1n) is 5.92. The van der Waals surface area contributed by atoms with Crippen LogP contribution in [0.5, 0.6) is 0 Å². The van der Waals surface area contributed by atoms with Crippen molar-refractivity contribution in [2.75, 3.05) is 14.2 Å². The van der Waals surface area contributed by atoms with E-state index < -0.39 is 17.7 Å². The van der Waals surface area contributed by atoms with Crippen molar-refractivity contribution in [1.29, 1.82) is 0 Å². The number of ether oxygens (including phenoxy) is 2. The van der Waals surface area contributed by atoms with Crippen molar-refractivity contribution in [3.05, 3.63) is 54.1 Å². The van der Waals surface area contributed by atoms with E-state index in [1.165, 1.54) is 20.3 Å². The number of carboxylic acid groups (broad SMARTS) is 1. The Balaban J connectivity index is 2.40. The molecule has 0 amide bonds. The molecule has 1 aromatic rings. The third-order valence-corrected chi connectivity index (χ3v) is 3.30. The lowest BCUT2D eigenvalue weighted by Gasteiger charge is -2.33. The number of methoxy groups -OCH3 is 2. The minimum absolute atomic E-state index is 0.671. The summed E-state index contributed by atoms with van der Waals surface area (Å²) in [7, 11) is 2.84. The predicted octanol–water partition coefficient (Wildman–Crippen LogP) is 2.12. The van der Waals surface area contributed by atoms with Crippen LogP contribution in [-0.2, 0) is 14.3 Å². The van der Waals surface area contributed by atoms with E-state index in [0.717, 1.165) is 11.1 Å². The fourth-order valence-electron chi connectivity index (χ4n) is 2.18. The smallest absolute Gasteiger partial charge is 0.343 e. The van der Waals surface area contributed by atoms with E-state index in [2.05, 4.69) is 0 Å². The average molecular weight is 260 g/mol. The molecule has 2 atom stereocenters. The number of carbonyl (C=O) groups is 1. The SMILES string of the molecule is COC1C=C(c2ccccc2)C=CC1(OC)C(=O)O. The highest BCUT2D eigenvalue weighted by molar-refractivity contribution is 5.87. The third-order valence-electron chi connectivity index (χ3n) is 3.30. The Morgan fingerprint density at radius 1 is 1.26 bits per heavy atom. The zero-order chi connectivity index (χ0) is 13.9. The number of carboxylic acids is 1. The highest BCUT2D eigenvalue weighted by Gasteiger charge is 2.45. The molecule has 1 aliphatic carbocycles. The van der Waals surface area contributed by atoms with Crippen LogP contribution in [-0.4, -0.2) is 37.0 Å². The second kappa shape index (κ2) is 5.38. The van der Waals surface area contributed by atoms with Crippen LogP contribution >= 0.6 is 0 Å². The number of hydrogen-bond donors (Lipinski definition) is 1. The summed E-state index contributed by atoms with van der Waals surface area (Å²) in [5.74, 6) is -1.07. The van der Waals surface area contributed by atoms with Crippen LogP contribution in [0.15, 0.2) is 48.6 Å². The second-order valence-corrected chi connectivity index (χ2v) is 4.28. The first-order valence-corrected chi connectivity index (χ1v) is 5.92. The molecule has 1 N–H and O–H groups in total. The fraction of sp³-hybridized carbons (Fsp3) is 0.267. The maximum atomic E-state index is 11.4. The lowest BCUT2D eigenvalue weighted by Crippen LogP contribution is -2.50. The maximum Gasteiger partial charge on any atom is 0.343 e. The van der Waals surface area contributed by atoms with Gasteiger partial charge in [-0.05, 0) is 23.3 Å². The van der Waals surface area contributed by atoms with Crippen LogP contribution < -0.4 is 0 Å². The predicted molar refractivity (Wildman–Crippen MR) is 71.7 cm³/mol. The average Bonchev–Trinajstić information content (AvgIpc) is 2.47. The molecular weight excluding hydrogens is 244 g/mol. The lowest BCUT2D eigenvalue weighted by atomic mass is 9.86. The highest BCUT2D eigenvalue weighted by atomic mass is 16.6. The van der Waals surface area contributed by atoms with Crippen molar-refractivity contribution >= 4 is 11.5 Å². The molecule has 2 unspecified atom stereocenters. The van der Waals surface area contributed by atoms with E-state index in [1.54, 1.807) is 12.2 Å². The summed E-state index contributed by atoms with van der Waals surface area (Å²) < 4.78 is 10.4. The molecule has 2 rings (SSSR count). The van der Waals surface area contributed by atoms with Crippen LogP contribution in [0.2, 0.25) is 0 Å². The van der Waals surface area contributed by atoms with Gasteiger partial charge in [-0.3, -0.25) is 0 Å². The van der Waals surface area contributed by atoms with Gasteiger partial charge in [-0.2, -0.15) is 0 Å². The van der Waals surface area contributed by atoms with E-state index >= 15 is 0 Å². The molecule has 0 saturated heterocycles. The highest BCUT2D eigenvalue weighted by Crippen LogP contribution is 2.31. The summed E-state index contributed by atoms with van der Waals surface area (Å²) in [6, 6.07) is 9.72. The lowest BCUT2D eigenvalue weighted by molar-refractivity contribution is -0.166. The van der Waals surface area contributed by atoms with Gasteiger partial charge in [0.25, 0.3) is 0 Å². The normalized spacial score (nSPS) is 26.0. The molecule has 1 aliphatic rings. The van der Waals surface area contributed by atoms with Gasteiger partial charge in [-0.15, -0.1) is 0 Å². The van der Waals surface area contributed by atoms with Crippen LogP contribution in [0.25, 0.3) is 5.57 Å². The summed E-state index contributed by atoms with van der Waals surface area (Å²) in [6.07, 6.45) is 4.39. The van der Waals surface area contributed by atoms with Crippen molar-refractivity contribution in [2.45, 2.75) is 11.7 Å². The fourth-order valence-corrected chi connectivity index (χ4v) is 2.18. The first-order chi connectivity index (χ1) is 9.14. The van der Waals surface area contributed by atoms with Gasteiger partial charge in [0.05, 0.1) is 0 Å². The standard InChI is InChI=1S/C15H16O4/c1-18-13-10-12(11-6-4-3-5-7-11)8-9-15(13,19-2)14(16)17/h3-10,13H,1-2H3,(H,16,17). The van der Waals surface area contributed by atoms with Gasteiger partial charge in [-0.25, -0.2) is 4.79 Å². The van der Waals surface area contributed by atoms with E-state index in [4.69, 9.17) is 9.47 Å². The molecule has 0 heterocycles. The monoisotopic (exact) mass is 260 g/mol. The number of benzene rings is 1. The minimum Gasteiger partial charge on any atom is -0.479 e. The number of hydrogen-bond acceptors (Lipinski definition) is 3. The molecule has 0 saturated carbocycles. The first kappa shape index (κ1) is 13.5. The Hall–Kier alpha value is -1.91. The number of rotatable bonds is 4. The van der Waals surface area contributed by atoms with Crippen molar-refractivity contribution < 1.29 is 19.4 Å². The zero-order valence-electron chi connectivity index (χ0n) is 10.9. The molecule has 0 bridgehead atoms. The summed E-state index contributed by atoms with van der Waals surface area (Å²) in [5.41, 5.74) is 0.463. The Bertz CT molecular complexity index is 518. The van der Waals surface area contributed by atoms with E-state index in [1.807, 2.05) is 30.3 Å². The molecule has 0 radical (unpaired) electrons. The van der Waals surface area contributed by atoms with Crippen LogP contribution in [0, 0.1) is 0 Å². The Morgan fingerprint density at radius 2 is 1.95 bits per heavy atom. The summed E-state index contributed by atoms with van der Waals surface area (Å²) in [5, 5.41) is 9.36. The van der Waals surface area contributed by atoms with Crippen LogP contribution in [0.4, 0.5) is 0 Å². The molecule has 100 valence electrons. The molecular formula is C15H16O4. The molecule has 0 spiro atoms. The molecule has 0 aliphatic heterocycles. The van der Waals surface area contributed by atoms with Gasteiger partial charge < -0.3 is 14.6 Å². The van der Waals surface area contributed by atoms with Gasteiger partial charge in [-0.1, -0.05) is 36.4 Å². The Morgan fingerprint density at radius 3 is 2.47 bits per heavy atom. The molecule has 0 aromatic heterocycles. The molecule has 19 heavy (non-hydrogen) atoms. The molecule has 0 fully saturated rings. The topological polar surface area (TPSA) is 55.8 Å². The van der Waals surface area contributed by atoms with Crippen molar-refractivity contribution in [1.82, 2.24) is 0 Å². The molecule has 4 heteroatoms. The summed E-state index contributed by atoms with van der Waals surface area (Å²) in [6.45, 7) is 0. The molecule has 1 aromatic carbocycles. The van der Waals surface area contributed by atoms with Gasteiger partial charge >= 0.3 is 5.97 Å². The van der Waals surface area contributed by atoms with Crippen molar-refractivity contribution in [3.63, 3.8) is 0 Å². The zero-order valence-corrected chi connectivity index (χ0v) is 10.9. The summed E-state index contributed by atoms with van der Waals surface area (Å²) in [4.78, 5) is 11.4. The second-order valence-electron chi connectivity index (χ2n) is 4.28. The van der Waals surface area contributed by atoms with Gasteiger partial charge in [0, 0.05) is 14.2 Å². The van der Waals surface area contributed by atoms with Crippen molar-refractivity contribution in [3.8, 4) is 0 Å². The third kappa shape index (κ3) is 2.32. The van der Waals surface area contributed by atoms with Crippen molar-refractivity contribution in [2.24, 2.45) is 0 Å². The number of aliphatic carboxylic acids is 1. The van der Waals surface area contributed by atoms with Crippen LogP contribution in [0.3, 0.4) is 0 Å². The summed E-state index contributed by atoms with van der Waals surface area (Å²) >= 11 is 0. The maximum absolute atomic E-state index is 11.4. The Labute approximate surface area is 112 Å². The largest absolute Gasteiger partial charge is 0.479 e. The Kier molecular flexibility index (Phi) is 3.83.